The SMILES string of the molecule is Brc1cccc(CSc2nnc(-c3cccnc3)n2C2CC2)c1. The van der Waals surface area contributed by atoms with Crippen LogP contribution in [0.1, 0.15) is 24.4 Å². The Balaban J connectivity index is 1.61. The number of halogens is 1. The average molecular weight is 387 g/mol. The van der Waals surface area contributed by atoms with Crippen molar-refractivity contribution in [2.45, 2.75) is 29.8 Å². The smallest absolute Gasteiger partial charge is 0.192 e. The highest BCUT2D eigenvalue weighted by molar-refractivity contribution is 9.10. The van der Waals surface area contributed by atoms with Gasteiger partial charge < -0.3 is 0 Å². The van der Waals surface area contributed by atoms with Crippen LogP contribution >= 0.6 is 27.7 Å². The van der Waals surface area contributed by atoms with E-state index in [0.29, 0.717) is 6.04 Å². The molecule has 1 fully saturated rings. The molecule has 0 N–H and O–H groups in total. The molecule has 0 unspecified atom stereocenters. The molecule has 6 heteroatoms. The molecule has 2 aromatic heterocycles. The first-order valence-corrected chi connectivity index (χ1v) is 9.31. The van der Waals surface area contributed by atoms with Crippen molar-refractivity contribution in [1.82, 2.24) is 19.7 Å². The molecule has 1 aliphatic rings. The molecule has 3 aromatic rings. The van der Waals surface area contributed by atoms with Crippen LogP contribution < -0.4 is 0 Å². The van der Waals surface area contributed by atoms with Crippen molar-refractivity contribution in [3.8, 4) is 11.4 Å². The molecule has 0 radical (unpaired) electrons. The molecule has 0 atom stereocenters. The summed E-state index contributed by atoms with van der Waals surface area (Å²) in [5, 5.41) is 9.84. The van der Waals surface area contributed by atoms with Gasteiger partial charge >= 0.3 is 0 Å². The van der Waals surface area contributed by atoms with Crippen molar-refractivity contribution in [3.63, 3.8) is 0 Å². The van der Waals surface area contributed by atoms with Crippen molar-refractivity contribution in [2.75, 3.05) is 0 Å². The van der Waals surface area contributed by atoms with Crippen LogP contribution in [-0.2, 0) is 5.75 Å². The van der Waals surface area contributed by atoms with Crippen molar-refractivity contribution in [2.24, 2.45) is 0 Å². The molecule has 1 aliphatic carbocycles. The van der Waals surface area contributed by atoms with Gasteiger partial charge in [-0.2, -0.15) is 0 Å². The number of pyridine rings is 1. The summed E-state index contributed by atoms with van der Waals surface area (Å²) in [5.74, 6) is 1.81. The van der Waals surface area contributed by atoms with E-state index in [1.807, 2.05) is 24.4 Å². The molecule has 23 heavy (non-hydrogen) atoms. The van der Waals surface area contributed by atoms with Crippen LogP contribution in [0.2, 0.25) is 0 Å². The molecule has 116 valence electrons. The summed E-state index contributed by atoms with van der Waals surface area (Å²) >= 11 is 5.26. The first-order valence-electron chi connectivity index (χ1n) is 7.54. The molecule has 0 amide bonds. The Morgan fingerprint density at radius 1 is 1.17 bits per heavy atom. The first kappa shape index (κ1) is 14.9. The summed E-state index contributed by atoms with van der Waals surface area (Å²) in [7, 11) is 0. The normalized spacial score (nSPS) is 14.1. The van der Waals surface area contributed by atoms with E-state index >= 15 is 0 Å². The molecule has 2 heterocycles. The Morgan fingerprint density at radius 2 is 2.09 bits per heavy atom. The average Bonchev–Trinajstić information content (AvgIpc) is 3.33. The lowest BCUT2D eigenvalue weighted by Crippen LogP contribution is -2.00. The summed E-state index contributed by atoms with van der Waals surface area (Å²) in [6.07, 6.45) is 6.04. The molecule has 0 spiro atoms. The maximum atomic E-state index is 4.43. The number of thioether (sulfide) groups is 1. The van der Waals surface area contributed by atoms with Crippen LogP contribution in [-0.4, -0.2) is 19.7 Å². The van der Waals surface area contributed by atoms with E-state index in [2.05, 4.69) is 53.9 Å². The van der Waals surface area contributed by atoms with Gasteiger partial charge in [-0.15, -0.1) is 10.2 Å². The minimum Gasteiger partial charge on any atom is -0.299 e. The van der Waals surface area contributed by atoms with Crippen LogP contribution in [0.15, 0.2) is 58.4 Å². The fraction of sp³-hybridized carbons (Fsp3) is 0.235. The molecule has 0 bridgehead atoms. The Kier molecular flexibility index (Phi) is 4.18. The lowest BCUT2D eigenvalue weighted by atomic mass is 10.2. The summed E-state index contributed by atoms with van der Waals surface area (Å²) in [6.45, 7) is 0. The number of hydrogen-bond donors (Lipinski definition) is 0. The number of benzene rings is 1. The summed E-state index contributed by atoms with van der Waals surface area (Å²) in [6, 6.07) is 12.9. The van der Waals surface area contributed by atoms with E-state index in [9.17, 15) is 0 Å². The zero-order valence-electron chi connectivity index (χ0n) is 12.4. The molecular weight excluding hydrogens is 372 g/mol. The Labute approximate surface area is 147 Å². The van der Waals surface area contributed by atoms with Gasteiger partial charge in [-0.1, -0.05) is 39.8 Å². The number of hydrogen-bond acceptors (Lipinski definition) is 4. The van der Waals surface area contributed by atoms with Gasteiger partial charge in [0.25, 0.3) is 0 Å². The molecule has 0 saturated heterocycles. The molecule has 1 aromatic carbocycles. The zero-order chi connectivity index (χ0) is 15.6. The Bertz CT molecular complexity index is 814. The lowest BCUT2D eigenvalue weighted by Gasteiger charge is -2.08. The topological polar surface area (TPSA) is 43.6 Å². The maximum absolute atomic E-state index is 4.43. The molecular formula is C17H15BrN4S. The fourth-order valence-corrected chi connectivity index (χ4v) is 3.90. The van der Waals surface area contributed by atoms with E-state index in [4.69, 9.17) is 0 Å². The van der Waals surface area contributed by atoms with Crippen LogP contribution in [0.3, 0.4) is 0 Å². The minimum atomic E-state index is 0.533. The van der Waals surface area contributed by atoms with E-state index in [1.165, 1.54) is 18.4 Å². The molecule has 0 aliphatic heterocycles. The van der Waals surface area contributed by atoms with Gasteiger partial charge in [-0.25, -0.2) is 0 Å². The predicted molar refractivity (Wildman–Crippen MR) is 95.2 cm³/mol. The Morgan fingerprint density at radius 3 is 2.83 bits per heavy atom. The quantitative estimate of drug-likeness (QED) is 0.594. The van der Waals surface area contributed by atoms with Crippen LogP contribution in [0.5, 0.6) is 0 Å². The van der Waals surface area contributed by atoms with E-state index in [0.717, 1.165) is 26.8 Å². The van der Waals surface area contributed by atoms with Gasteiger partial charge in [0.2, 0.25) is 0 Å². The maximum Gasteiger partial charge on any atom is 0.192 e. The second-order valence-corrected chi connectivity index (χ2v) is 7.43. The molecule has 1 saturated carbocycles. The lowest BCUT2D eigenvalue weighted by molar-refractivity contribution is 0.669. The van der Waals surface area contributed by atoms with Gasteiger partial charge in [0.15, 0.2) is 11.0 Å². The number of rotatable bonds is 5. The van der Waals surface area contributed by atoms with E-state index in [1.54, 1.807) is 18.0 Å². The van der Waals surface area contributed by atoms with Gasteiger partial charge in [0, 0.05) is 34.2 Å². The second kappa shape index (κ2) is 6.45. The highest BCUT2D eigenvalue weighted by atomic mass is 79.9. The van der Waals surface area contributed by atoms with Gasteiger partial charge in [0.05, 0.1) is 0 Å². The fourth-order valence-electron chi connectivity index (χ4n) is 2.50. The zero-order valence-corrected chi connectivity index (χ0v) is 14.8. The van der Waals surface area contributed by atoms with Crippen LogP contribution in [0, 0.1) is 0 Å². The summed E-state index contributed by atoms with van der Waals surface area (Å²) < 4.78 is 3.38. The third-order valence-corrected chi connectivity index (χ3v) is 5.26. The molecule has 4 rings (SSSR count). The molecule has 4 nitrogen and oxygen atoms in total. The van der Waals surface area contributed by atoms with Crippen molar-refractivity contribution in [3.05, 3.63) is 58.8 Å². The van der Waals surface area contributed by atoms with E-state index in [-0.39, 0.29) is 0 Å². The van der Waals surface area contributed by atoms with Gasteiger partial charge in [-0.3, -0.25) is 9.55 Å². The largest absolute Gasteiger partial charge is 0.299 e. The Hall–Kier alpha value is -1.66. The third kappa shape index (κ3) is 3.33. The highest BCUT2D eigenvalue weighted by Gasteiger charge is 2.30. The first-order chi connectivity index (χ1) is 11.3. The van der Waals surface area contributed by atoms with Crippen molar-refractivity contribution >= 4 is 27.7 Å². The van der Waals surface area contributed by atoms with Crippen LogP contribution in [0.4, 0.5) is 0 Å². The van der Waals surface area contributed by atoms with Gasteiger partial charge in [-0.05, 0) is 42.7 Å². The monoisotopic (exact) mass is 386 g/mol. The van der Waals surface area contributed by atoms with Crippen molar-refractivity contribution < 1.29 is 0 Å². The van der Waals surface area contributed by atoms with E-state index < -0.39 is 0 Å². The standard InChI is InChI=1S/C17H15BrN4S/c18-14-5-1-3-12(9-14)11-23-17-21-20-16(22(17)15-6-7-15)13-4-2-8-19-10-13/h1-5,8-10,15H,6-7,11H2. The second-order valence-electron chi connectivity index (χ2n) is 5.57. The van der Waals surface area contributed by atoms with Gasteiger partial charge in [0.1, 0.15) is 0 Å². The van der Waals surface area contributed by atoms with Crippen molar-refractivity contribution in [1.29, 1.82) is 0 Å². The van der Waals surface area contributed by atoms with Crippen LogP contribution in [0.25, 0.3) is 11.4 Å². The summed E-state index contributed by atoms with van der Waals surface area (Å²) in [5.41, 5.74) is 2.30. The predicted octanol–water partition coefficient (Wildman–Crippen LogP) is 4.73. The number of nitrogens with zero attached hydrogens (tertiary/aromatic N) is 4. The summed E-state index contributed by atoms with van der Waals surface area (Å²) in [4.78, 5) is 4.20. The minimum absolute atomic E-state index is 0.533. The number of aromatic nitrogens is 4. The third-order valence-electron chi connectivity index (χ3n) is 3.75. The highest BCUT2D eigenvalue weighted by Crippen LogP contribution is 2.41.